The predicted octanol–water partition coefficient (Wildman–Crippen LogP) is 4.50. The molecule has 1 unspecified atom stereocenters. The van der Waals surface area contributed by atoms with Crippen LogP contribution < -0.4 is 0 Å². The highest BCUT2D eigenvalue weighted by atomic mass is 19.1. The average molecular weight is 494 g/mol. The molecule has 1 saturated carbocycles. The van der Waals surface area contributed by atoms with E-state index in [1.807, 2.05) is 50.5 Å². The average Bonchev–Trinajstić information content (AvgIpc) is 2.89. The summed E-state index contributed by atoms with van der Waals surface area (Å²) in [5.74, 6) is -0.535. The van der Waals surface area contributed by atoms with Crippen molar-refractivity contribution in [1.29, 1.82) is 0 Å². The molecule has 3 amide bonds. The Morgan fingerprint density at radius 2 is 1.86 bits per heavy atom. The predicted molar refractivity (Wildman–Crippen MR) is 139 cm³/mol. The van der Waals surface area contributed by atoms with E-state index in [2.05, 4.69) is 4.90 Å². The zero-order valence-electron chi connectivity index (χ0n) is 21.1. The van der Waals surface area contributed by atoms with Crippen LogP contribution in [-0.2, 0) is 10.3 Å². The third-order valence-corrected chi connectivity index (χ3v) is 7.82. The van der Waals surface area contributed by atoms with Gasteiger partial charge in [-0.15, -0.1) is 0 Å². The number of halogens is 1. The first-order valence-electron chi connectivity index (χ1n) is 12.8. The number of rotatable bonds is 7. The molecular weight excluding hydrogens is 457 g/mol. The van der Waals surface area contributed by atoms with Gasteiger partial charge in [-0.1, -0.05) is 42.5 Å². The maximum absolute atomic E-state index is 14.0. The molecule has 2 aliphatic rings. The van der Waals surface area contributed by atoms with Crippen molar-refractivity contribution in [3.05, 3.63) is 77.6 Å². The summed E-state index contributed by atoms with van der Waals surface area (Å²) in [4.78, 5) is 30.8. The highest BCUT2D eigenvalue weighted by molar-refractivity contribution is 6.02. The number of β-amino-alcohol motifs (C(OH)–C–C–N with tert-alkyl or cyclic N) is 1. The number of urea groups is 1. The van der Waals surface area contributed by atoms with Gasteiger partial charge < -0.3 is 10.0 Å². The van der Waals surface area contributed by atoms with Crippen molar-refractivity contribution in [2.75, 3.05) is 33.7 Å². The van der Waals surface area contributed by atoms with Gasteiger partial charge in [0.05, 0.1) is 6.10 Å². The van der Waals surface area contributed by atoms with E-state index in [0.717, 1.165) is 36.8 Å². The number of benzene rings is 2. The number of imide groups is 1. The molecule has 1 atom stereocenters. The lowest BCUT2D eigenvalue weighted by atomic mass is 9.70. The molecule has 0 aromatic heterocycles. The van der Waals surface area contributed by atoms with E-state index in [0.29, 0.717) is 19.5 Å². The second kappa shape index (κ2) is 11.4. The first kappa shape index (κ1) is 26.0. The van der Waals surface area contributed by atoms with Crippen molar-refractivity contribution in [2.24, 2.45) is 5.92 Å². The van der Waals surface area contributed by atoms with Crippen LogP contribution in [0.5, 0.6) is 0 Å². The Hall–Kier alpha value is -3.03. The number of aliphatic hydroxyl groups excluding tert-OH is 1. The first-order valence-corrected chi connectivity index (χ1v) is 12.8. The number of hydrogen-bond acceptors (Lipinski definition) is 4. The van der Waals surface area contributed by atoms with Gasteiger partial charge >= 0.3 is 6.03 Å². The lowest BCUT2D eigenvalue weighted by Crippen LogP contribution is -2.54. The van der Waals surface area contributed by atoms with Crippen molar-refractivity contribution in [1.82, 2.24) is 14.7 Å². The van der Waals surface area contributed by atoms with E-state index in [4.69, 9.17) is 0 Å². The molecule has 1 N–H and O–H groups in total. The Morgan fingerprint density at radius 1 is 1.14 bits per heavy atom. The summed E-state index contributed by atoms with van der Waals surface area (Å²) in [5.41, 5.74) is 1.59. The molecular formula is C29H36FN3O3. The van der Waals surface area contributed by atoms with E-state index in [1.165, 1.54) is 17.0 Å². The highest BCUT2D eigenvalue weighted by Gasteiger charge is 2.41. The van der Waals surface area contributed by atoms with Crippen molar-refractivity contribution in [2.45, 2.75) is 43.7 Å². The minimum atomic E-state index is -0.670. The van der Waals surface area contributed by atoms with Gasteiger partial charge in [0.25, 0.3) is 5.91 Å². The van der Waals surface area contributed by atoms with Crippen LogP contribution in [0.2, 0.25) is 0 Å². The third kappa shape index (κ3) is 5.68. The minimum Gasteiger partial charge on any atom is -0.391 e. The molecule has 192 valence electrons. The van der Waals surface area contributed by atoms with E-state index < -0.39 is 6.10 Å². The van der Waals surface area contributed by atoms with Crippen LogP contribution in [0.1, 0.15) is 43.2 Å². The van der Waals surface area contributed by atoms with Crippen LogP contribution in [0, 0.1) is 11.7 Å². The number of amides is 3. The Morgan fingerprint density at radius 3 is 2.53 bits per heavy atom. The number of nitrogens with zero attached hydrogens (tertiary/aromatic N) is 3. The fourth-order valence-electron chi connectivity index (χ4n) is 5.63. The van der Waals surface area contributed by atoms with E-state index >= 15 is 0 Å². The topological polar surface area (TPSA) is 64.1 Å². The van der Waals surface area contributed by atoms with Gasteiger partial charge in [0.15, 0.2) is 0 Å². The molecule has 1 saturated heterocycles. The Kier molecular flexibility index (Phi) is 8.21. The maximum Gasteiger partial charge on any atom is 0.327 e. The maximum atomic E-state index is 14.0. The summed E-state index contributed by atoms with van der Waals surface area (Å²) in [6, 6.07) is 15.9. The second-order valence-corrected chi connectivity index (χ2v) is 10.2. The molecule has 36 heavy (non-hydrogen) atoms. The smallest absolute Gasteiger partial charge is 0.327 e. The normalized spacial score (nSPS) is 23.9. The molecule has 2 aromatic carbocycles. The zero-order chi connectivity index (χ0) is 25.7. The molecule has 4 rings (SSSR count). The molecule has 2 aromatic rings. The Balaban J connectivity index is 1.36. The van der Waals surface area contributed by atoms with Gasteiger partial charge in [-0.25, -0.2) is 9.18 Å². The first-order chi connectivity index (χ1) is 17.3. The van der Waals surface area contributed by atoms with Crippen LogP contribution in [0.15, 0.2) is 60.7 Å². The van der Waals surface area contributed by atoms with Crippen molar-refractivity contribution in [3.63, 3.8) is 0 Å². The monoisotopic (exact) mass is 493 g/mol. The van der Waals surface area contributed by atoms with Crippen LogP contribution in [0.4, 0.5) is 9.18 Å². The molecule has 1 aliphatic carbocycles. The number of carbonyl (C=O) groups is 2. The SMILES string of the molecule is CN(C)C1(c2cccc(F)c2)CCC(C(O)CN2CCCN(C(=O)C=Cc3ccccc3)C2=O)CC1. The summed E-state index contributed by atoms with van der Waals surface area (Å²) in [5, 5.41) is 11.1. The summed E-state index contributed by atoms with van der Waals surface area (Å²) >= 11 is 0. The summed E-state index contributed by atoms with van der Waals surface area (Å²) in [6.07, 6.45) is 6.31. The zero-order valence-corrected chi connectivity index (χ0v) is 21.1. The van der Waals surface area contributed by atoms with Crippen molar-refractivity contribution < 1.29 is 19.1 Å². The van der Waals surface area contributed by atoms with Crippen LogP contribution in [0.3, 0.4) is 0 Å². The second-order valence-electron chi connectivity index (χ2n) is 10.2. The van der Waals surface area contributed by atoms with E-state index in [1.54, 1.807) is 23.1 Å². The van der Waals surface area contributed by atoms with Crippen LogP contribution in [-0.4, -0.2) is 71.6 Å². The van der Waals surface area contributed by atoms with Gasteiger partial charge in [-0.3, -0.25) is 14.6 Å². The third-order valence-electron chi connectivity index (χ3n) is 7.82. The summed E-state index contributed by atoms with van der Waals surface area (Å²) in [7, 11) is 4.04. The highest BCUT2D eigenvalue weighted by Crippen LogP contribution is 2.44. The number of aliphatic hydroxyl groups is 1. The Bertz CT molecular complexity index is 1080. The van der Waals surface area contributed by atoms with E-state index in [9.17, 15) is 19.1 Å². The molecule has 6 nitrogen and oxygen atoms in total. The van der Waals surface area contributed by atoms with Gasteiger partial charge in [0.2, 0.25) is 0 Å². The molecule has 0 radical (unpaired) electrons. The Labute approximate surface area is 213 Å². The van der Waals surface area contributed by atoms with Crippen molar-refractivity contribution in [3.8, 4) is 0 Å². The lowest BCUT2D eigenvalue weighted by Gasteiger charge is -2.47. The van der Waals surface area contributed by atoms with Crippen LogP contribution in [0.25, 0.3) is 6.08 Å². The molecule has 0 spiro atoms. The quantitative estimate of drug-likeness (QED) is 0.577. The van der Waals surface area contributed by atoms with Gasteiger partial charge in [0, 0.05) is 31.2 Å². The molecule has 7 heteroatoms. The number of hydrogen-bond donors (Lipinski definition) is 1. The number of carbonyl (C=O) groups excluding carboxylic acids is 2. The minimum absolute atomic E-state index is 0.0449. The molecule has 1 heterocycles. The largest absolute Gasteiger partial charge is 0.391 e. The van der Waals surface area contributed by atoms with Crippen molar-refractivity contribution >= 4 is 18.0 Å². The van der Waals surface area contributed by atoms with Gasteiger partial charge in [-0.05, 0) is 81.5 Å². The summed E-state index contributed by atoms with van der Waals surface area (Å²) < 4.78 is 14.0. The summed E-state index contributed by atoms with van der Waals surface area (Å²) in [6.45, 7) is 1.12. The molecule has 2 fully saturated rings. The van der Waals surface area contributed by atoms with Crippen LogP contribution >= 0.6 is 0 Å². The van der Waals surface area contributed by atoms with E-state index in [-0.39, 0.29) is 35.8 Å². The fourth-order valence-corrected chi connectivity index (χ4v) is 5.63. The van der Waals surface area contributed by atoms with Gasteiger partial charge in [-0.2, -0.15) is 0 Å². The lowest BCUT2D eigenvalue weighted by molar-refractivity contribution is -0.124. The molecule has 1 aliphatic heterocycles. The fraction of sp³-hybridized carbons (Fsp3) is 0.448. The standard InChI is InChI=1S/C29H36FN3O3/c1-31(2)29(24-10-6-11-25(30)20-24)16-14-23(15-17-29)26(34)21-32-18-7-19-33(28(32)36)27(35)13-12-22-8-4-3-5-9-22/h3-6,8-13,20,23,26,34H,7,14-19,21H2,1-2H3. The van der Waals surface area contributed by atoms with Gasteiger partial charge in [0.1, 0.15) is 5.82 Å². The molecule has 0 bridgehead atoms.